The molecule has 1 aliphatic heterocycles. The molecule has 6 heteroatoms. The van der Waals surface area contributed by atoms with Crippen molar-refractivity contribution < 1.29 is 13.5 Å². The normalized spacial score (nSPS) is 17.6. The number of hydrogen-bond acceptors (Lipinski definition) is 3. The third-order valence-corrected chi connectivity index (χ3v) is 6.19. The van der Waals surface area contributed by atoms with Crippen LogP contribution in [0.2, 0.25) is 0 Å². The summed E-state index contributed by atoms with van der Waals surface area (Å²) in [6.07, 6.45) is 7.63. The number of ether oxygens (including phenoxy) is 1. The number of nitrogens with one attached hydrogen (secondary N) is 1. The molecule has 28 heavy (non-hydrogen) atoms. The summed E-state index contributed by atoms with van der Waals surface area (Å²) in [7, 11) is 0. The van der Waals surface area contributed by atoms with Crippen LogP contribution in [-0.4, -0.2) is 35.3 Å². The standard InChI is InChI=1S/C22H24F2N2OS/c1-28-19-8-9-21-20(12-19)16(13-25-21)11-17-3-2-10-26(17)14-15-4-6-18(7-5-15)27-22(23)24/h4-9,12-13,17,22,25H,2-3,10-11,14H2,1H3/t17-/m1/s1. The third-order valence-electron chi connectivity index (χ3n) is 5.46. The zero-order valence-electron chi connectivity index (χ0n) is 15.8. The lowest BCUT2D eigenvalue weighted by Crippen LogP contribution is -2.30. The second kappa shape index (κ2) is 8.53. The zero-order chi connectivity index (χ0) is 19.5. The number of aromatic amines is 1. The molecule has 2 heterocycles. The van der Waals surface area contributed by atoms with Crippen LogP contribution < -0.4 is 4.74 Å². The van der Waals surface area contributed by atoms with Crippen LogP contribution in [-0.2, 0) is 13.0 Å². The van der Waals surface area contributed by atoms with Crippen LogP contribution in [0.15, 0.2) is 53.6 Å². The maximum atomic E-state index is 12.3. The van der Waals surface area contributed by atoms with Gasteiger partial charge in [-0.2, -0.15) is 8.78 Å². The molecule has 3 aromatic rings. The number of alkyl halides is 2. The number of nitrogens with zero attached hydrogens (tertiary/aromatic N) is 1. The van der Waals surface area contributed by atoms with Crippen molar-refractivity contribution in [3.05, 3.63) is 59.8 Å². The van der Waals surface area contributed by atoms with Gasteiger partial charge in [0.25, 0.3) is 0 Å². The Morgan fingerprint density at radius 2 is 2.04 bits per heavy atom. The summed E-state index contributed by atoms with van der Waals surface area (Å²) in [6, 6.07) is 14.1. The first-order chi connectivity index (χ1) is 13.6. The van der Waals surface area contributed by atoms with Gasteiger partial charge in [0.2, 0.25) is 0 Å². The molecule has 1 fully saturated rings. The van der Waals surface area contributed by atoms with Gasteiger partial charge in [-0.05, 0) is 73.5 Å². The average Bonchev–Trinajstić information content (AvgIpc) is 3.30. The van der Waals surface area contributed by atoms with Crippen molar-refractivity contribution in [2.45, 2.75) is 43.4 Å². The predicted molar refractivity (Wildman–Crippen MR) is 110 cm³/mol. The molecule has 0 amide bonds. The highest BCUT2D eigenvalue weighted by Crippen LogP contribution is 2.29. The van der Waals surface area contributed by atoms with Crippen LogP contribution in [0.5, 0.6) is 5.75 Å². The molecule has 0 radical (unpaired) electrons. The van der Waals surface area contributed by atoms with Gasteiger partial charge in [-0.3, -0.25) is 4.90 Å². The Bertz CT molecular complexity index is 926. The van der Waals surface area contributed by atoms with Gasteiger partial charge in [-0.25, -0.2) is 0 Å². The van der Waals surface area contributed by atoms with E-state index in [9.17, 15) is 8.78 Å². The van der Waals surface area contributed by atoms with Crippen LogP contribution >= 0.6 is 11.8 Å². The van der Waals surface area contributed by atoms with Crippen molar-refractivity contribution in [3.8, 4) is 5.75 Å². The minimum absolute atomic E-state index is 0.208. The lowest BCUT2D eigenvalue weighted by Gasteiger charge is -2.24. The Kier molecular flexibility index (Phi) is 5.87. The van der Waals surface area contributed by atoms with Crippen molar-refractivity contribution >= 4 is 22.7 Å². The summed E-state index contributed by atoms with van der Waals surface area (Å²) >= 11 is 1.76. The van der Waals surface area contributed by atoms with Gasteiger partial charge < -0.3 is 9.72 Å². The van der Waals surface area contributed by atoms with E-state index in [1.165, 1.54) is 34.2 Å². The molecule has 1 aliphatic rings. The molecule has 0 aliphatic carbocycles. The fourth-order valence-corrected chi connectivity index (χ4v) is 4.49. The highest BCUT2D eigenvalue weighted by atomic mass is 32.2. The molecule has 3 nitrogen and oxygen atoms in total. The Morgan fingerprint density at radius 3 is 2.79 bits per heavy atom. The molecule has 1 aromatic heterocycles. The summed E-state index contributed by atoms with van der Waals surface area (Å²) in [5.74, 6) is 0.208. The first-order valence-corrected chi connectivity index (χ1v) is 10.8. The van der Waals surface area contributed by atoms with Gasteiger partial charge in [0.15, 0.2) is 0 Å². The van der Waals surface area contributed by atoms with Crippen LogP contribution in [0.3, 0.4) is 0 Å². The van der Waals surface area contributed by atoms with Crippen molar-refractivity contribution in [1.82, 2.24) is 9.88 Å². The molecule has 0 spiro atoms. The van der Waals surface area contributed by atoms with Crippen LogP contribution in [0.1, 0.15) is 24.0 Å². The smallest absolute Gasteiger partial charge is 0.387 e. The van der Waals surface area contributed by atoms with Crippen molar-refractivity contribution in [2.75, 3.05) is 12.8 Å². The third kappa shape index (κ3) is 4.33. The quantitative estimate of drug-likeness (QED) is 0.514. The van der Waals surface area contributed by atoms with Crippen molar-refractivity contribution in [3.63, 3.8) is 0 Å². The highest BCUT2D eigenvalue weighted by Gasteiger charge is 2.25. The van der Waals surface area contributed by atoms with E-state index in [1.54, 1.807) is 23.9 Å². The molecule has 1 saturated heterocycles. The molecule has 0 saturated carbocycles. The number of thioether (sulfide) groups is 1. The molecule has 0 unspecified atom stereocenters. The molecule has 148 valence electrons. The summed E-state index contributed by atoms with van der Waals surface area (Å²) in [4.78, 5) is 7.18. The average molecular weight is 403 g/mol. The van der Waals surface area contributed by atoms with Gasteiger partial charge in [-0.1, -0.05) is 12.1 Å². The fourth-order valence-electron chi connectivity index (χ4n) is 4.05. The van der Waals surface area contributed by atoms with Crippen LogP contribution in [0.25, 0.3) is 10.9 Å². The summed E-state index contributed by atoms with van der Waals surface area (Å²) < 4.78 is 29.0. The molecule has 4 rings (SSSR count). The van der Waals surface area contributed by atoms with Gasteiger partial charge in [0.05, 0.1) is 0 Å². The van der Waals surface area contributed by atoms with E-state index in [1.807, 2.05) is 12.1 Å². The minimum atomic E-state index is -2.78. The molecule has 0 bridgehead atoms. The number of likely N-dealkylation sites (tertiary alicyclic amines) is 1. The summed E-state index contributed by atoms with van der Waals surface area (Å²) in [5, 5.41) is 1.31. The second-order valence-corrected chi connectivity index (χ2v) is 8.10. The Balaban J connectivity index is 1.45. The molecular weight excluding hydrogens is 378 g/mol. The van der Waals surface area contributed by atoms with Crippen LogP contribution in [0.4, 0.5) is 8.78 Å². The van der Waals surface area contributed by atoms with Gasteiger partial charge in [-0.15, -0.1) is 11.8 Å². The van der Waals surface area contributed by atoms with Gasteiger partial charge >= 0.3 is 6.61 Å². The van der Waals surface area contributed by atoms with E-state index >= 15 is 0 Å². The Labute approximate surface area is 168 Å². The molecule has 2 aromatic carbocycles. The van der Waals surface area contributed by atoms with Gasteiger partial charge in [0, 0.05) is 34.6 Å². The van der Waals surface area contributed by atoms with Crippen molar-refractivity contribution in [2.24, 2.45) is 0 Å². The Hall–Kier alpha value is -2.05. The number of aromatic nitrogens is 1. The monoisotopic (exact) mass is 402 g/mol. The van der Waals surface area contributed by atoms with Gasteiger partial charge in [0.1, 0.15) is 5.75 Å². The van der Waals surface area contributed by atoms with E-state index in [0.717, 1.165) is 25.1 Å². The summed E-state index contributed by atoms with van der Waals surface area (Å²) in [6.45, 7) is -0.882. The van der Waals surface area contributed by atoms with Crippen molar-refractivity contribution in [1.29, 1.82) is 0 Å². The summed E-state index contributed by atoms with van der Waals surface area (Å²) in [5.41, 5.74) is 3.67. The maximum absolute atomic E-state index is 12.3. The van der Waals surface area contributed by atoms with E-state index in [2.05, 4.69) is 45.3 Å². The first kappa shape index (κ1) is 19.3. The lowest BCUT2D eigenvalue weighted by molar-refractivity contribution is -0.0498. The van der Waals surface area contributed by atoms with E-state index in [4.69, 9.17) is 0 Å². The van der Waals surface area contributed by atoms with E-state index < -0.39 is 6.61 Å². The fraction of sp³-hybridized carbons (Fsp3) is 0.364. The SMILES string of the molecule is CSc1ccc2[nH]cc(C[C@H]3CCCN3Cc3ccc(OC(F)F)cc3)c2c1. The predicted octanol–water partition coefficient (Wildman–Crippen LogP) is 5.70. The highest BCUT2D eigenvalue weighted by molar-refractivity contribution is 7.98. The number of hydrogen-bond donors (Lipinski definition) is 1. The zero-order valence-corrected chi connectivity index (χ0v) is 16.6. The molecule has 1 N–H and O–H groups in total. The van der Waals surface area contributed by atoms with E-state index in [0.29, 0.717) is 6.04 Å². The maximum Gasteiger partial charge on any atom is 0.387 e. The number of benzene rings is 2. The van der Waals surface area contributed by atoms with Crippen LogP contribution in [0, 0.1) is 0 Å². The van der Waals surface area contributed by atoms with E-state index in [-0.39, 0.29) is 5.75 Å². The molecule has 1 atom stereocenters. The first-order valence-electron chi connectivity index (χ1n) is 9.54. The second-order valence-electron chi connectivity index (χ2n) is 7.22. The minimum Gasteiger partial charge on any atom is -0.435 e. The molecular formula is C22H24F2N2OS. The number of rotatable bonds is 7. The lowest BCUT2D eigenvalue weighted by atomic mass is 10.0. The topological polar surface area (TPSA) is 28.3 Å². The Morgan fingerprint density at radius 1 is 1.21 bits per heavy atom. The number of fused-ring (bicyclic) bond motifs is 1. The largest absolute Gasteiger partial charge is 0.435 e. The number of halogens is 2. The number of H-pyrrole nitrogens is 1.